The summed E-state index contributed by atoms with van der Waals surface area (Å²) >= 11 is 0. The number of carbonyl (C=O) groups excluding carboxylic acids is 1. The summed E-state index contributed by atoms with van der Waals surface area (Å²) in [5.41, 5.74) is 1.19. The minimum Gasteiger partial charge on any atom is -0.496 e. The molecule has 0 saturated heterocycles. The minimum absolute atomic E-state index is 0.0669. The van der Waals surface area contributed by atoms with E-state index in [1.165, 1.54) is 25.4 Å². The third-order valence-corrected chi connectivity index (χ3v) is 3.56. The van der Waals surface area contributed by atoms with Crippen LogP contribution in [0.4, 0.5) is 0 Å². The normalized spacial score (nSPS) is 10.5. The van der Waals surface area contributed by atoms with Crippen molar-refractivity contribution in [3.8, 4) is 11.5 Å². The molecule has 0 unspecified atom stereocenters. The first kappa shape index (κ1) is 19.2. The van der Waals surface area contributed by atoms with Crippen LogP contribution in [0.15, 0.2) is 36.5 Å². The summed E-state index contributed by atoms with van der Waals surface area (Å²) < 4.78 is 10.8. The minimum atomic E-state index is -1.02. The Bertz CT molecular complexity index is 789. The molecular formula is C19H22N2O5. The van der Waals surface area contributed by atoms with E-state index in [1.54, 1.807) is 18.2 Å². The number of nitrogens with zero attached hydrogens (tertiary/aromatic N) is 1. The highest BCUT2D eigenvalue weighted by atomic mass is 16.5. The number of pyridine rings is 1. The lowest BCUT2D eigenvalue weighted by Crippen LogP contribution is -2.27. The average molecular weight is 358 g/mol. The Hall–Kier alpha value is -3.09. The van der Waals surface area contributed by atoms with Crippen LogP contribution in [0.5, 0.6) is 11.5 Å². The fourth-order valence-electron chi connectivity index (χ4n) is 2.39. The Kier molecular flexibility index (Phi) is 6.54. The first-order valence-electron chi connectivity index (χ1n) is 8.22. The molecule has 1 heterocycles. The van der Waals surface area contributed by atoms with E-state index in [2.05, 4.69) is 10.3 Å². The van der Waals surface area contributed by atoms with Gasteiger partial charge in [-0.25, -0.2) is 9.78 Å². The van der Waals surface area contributed by atoms with E-state index in [0.29, 0.717) is 24.5 Å². The number of rotatable bonds is 8. The topological polar surface area (TPSA) is 97.8 Å². The predicted molar refractivity (Wildman–Crippen MR) is 96.0 cm³/mol. The maximum Gasteiger partial charge on any atom is 0.335 e. The molecular weight excluding hydrogens is 336 g/mol. The molecule has 1 aromatic carbocycles. The van der Waals surface area contributed by atoms with Gasteiger partial charge in [-0.3, -0.25) is 4.79 Å². The molecule has 0 atom stereocenters. The number of nitrogens with one attached hydrogen (secondary N) is 1. The molecule has 2 aromatic rings. The Labute approximate surface area is 152 Å². The van der Waals surface area contributed by atoms with Crippen LogP contribution >= 0.6 is 0 Å². The van der Waals surface area contributed by atoms with Gasteiger partial charge in [0.15, 0.2) is 11.4 Å². The van der Waals surface area contributed by atoms with Crippen molar-refractivity contribution in [3.05, 3.63) is 53.3 Å². The Morgan fingerprint density at radius 3 is 2.65 bits per heavy atom. The van der Waals surface area contributed by atoms with Gasteiger partial charge in [0.05, 0.1) is 18.8 Å². The molecule has 0 bridgehead atoms. The highest BCUT2D eigenvalue weighted by Gasteiger charge is 2.15. The summed E-state index contributed by atoms with van der Waals surface area (Å²) in [5, 5.41) is 11.8. The smallest absolute Gasteiger partial charge is 0.335 e. The van der Waals surface area contributed by atoms with Gasteiger partial charge in [0.1, 0.15) is 5.75 Å². The number of carboxylic acids is 1. The van der Waals surface area contributed by atoms with Gasteiger partial charge in [0.25, 0.3) is 5.91 Å². The second kappa shape index (κ2) is 8.84. The number of hydrogen-bond acceptors (Lipinski definition) is 5. The van der Waals surface area contributed by atoms with Crippen molar-refractivity contribution in [1.82, 2.24) is 10.3 Å². The quantitative estimate of drug-likeness (QED) is 0.753. The van der Waals surface area contributed by atoms with Crippen molar-refractivity contribution in [1.29, 1.82) is 0 Å². The molecule has 0 saturated carbocycles. The SMILES string of the molecule is COc1cc(C(=O)O)ccc1CCNC(=O)c1ncccc1OC(C)C. The van der Waals surface area contributed by atoms with E-state index in [9.17, 15) is 9.59 Å². The largest absolute Gasteiger partial charge is 0.496 e. The molecule has 0 spiro atoms. The number of aromatic nitrogens is 1. The molecule has 0 aliphatic carbocycles. The molecule has 7 nitrogen and oxygen atoms in total. The van der Waals surface area contributed by atoms with Gasteiger partial charge in [0.2, 0.25) is 0 Å². The number of amides is 1. The van der Waals surface area contributed by atoms with Crippen LogP contribution in [0.25, 0.3) is 0 Å². The van der Waals surface area contributed by atoms with Crippen molar-refractivity contribution in [2.45, 2.75) is 26.4 Å². The highest BCUT2D eigenvalue weighted by molar-refractivity contribution is 5.94. The summed E-state index contributed by atoms with van der Waals surface area (Å²) in [6, 6.07) is 8.07. The van der Waals surface area contributed by atoms with Crippen LogP contribution in [-0.4, -0.2) is 41.7 Å². The molecule has 1 amide bonds. The maximum absolute atomic E-state index is 12.4. The van der Waals surface area contributed by atoms with Gasteiger partial charge in [-0.2, -0.15) is 0 Å². The number of aromatic carboxylic acids is 1. The van der Waals surface area contributed by atoms with Crippen LogP contribution in [-0.2, 0) is 6.42 Å². The number of benzene rings is 1. The third kappa shape index (κ3) is 4.95. The molecule has 1 aromatic heterocycles. The Morgan fingerprint density at radius 2 is 2.00 bits per heavy atom. The molecule has 0 radical (unpaired) electrons. The van der Waals surface area contributed by atoms with Gasteiger partial charge in [-0.1, -0.05) is 6.07 Å². The molecule has 0 aliphatic rings. The van der Waals surface area contributed by atoms with Gasteiger partial charge in [-0.05, 0) is 50.1 Å². The lowest BCUT2D eigenvalue weighted by molar-refractivity contribution is 0.0696. The molecule has 0 aliphatic heterocycles. The fraction of sp³-hybridized carbons (Fsp3) is 0.316. The summed E-state index contributed by atoms with van der Waals surface area (Å²) in [6.07, 6.45) is 1.96. The van der Waals surface area contributed by atoms with Crippen molar-refractivity contribution in [2.24, 2.45) is 0 Å². The summed E-state index contributed by atoms with van der Waals surface area (Å²) in [4.78, 5) is 27.5. The first-order valence-corrected chi connectivity index (χ1v) is 8.22. The number of methoxy groups -OCH3 is 1. The van der Waals surface area contributed by atoms with Crippen LogP contribution in [0.2, 0.25) is 0 Å². The van der Waals surface area contributed by atoms with Crippen LogP contribution < -0.4 is 14.8 Å². The van der Waals surface area contributed by atoms with E-state index < -0.39 is 5.97 Å². The van der Waals surface area contributed by atoms with E-state index in [-0.39, 0.29) is 23.3 Å². The van der Waals surface area contributed by atoms with Crippen LogP contribution in [0.3, 0.4) is 0 Å². The third-order valence-electron chi connectivity index (χ3n) is 3.56. The zero-order chi connectivity index (χ0) is 19.1. The van der Waals surface area contributed by atoms with Crippen molar-refractivity contribution < 1.29 is 24.2 Å². The van der Waals surface area contributed by atoms with Gasteiger partial charge >= 0.3 is 5.97 Å². The average Bonchev–Trinajstić information content (AvgIpc) is 2.61. The molecule has 7 heteroatoms. The Morgan fingerprint density at radius 1 is 1.23 bits per heavy atom. The van der Waals surface area contributed by atoms with Crippen LogP contribution in [0, 0.1) is 0 Å². The summed E-state index contributed by atoms with van der Waals surface area (Å²) in [6.45, 7) is 4.10. The van der Waals surface area contributed by atoms with E-state index in [4.69, 9.17) is 14.6 Å². The molecule has 138 valence electrons. The van der Waals surface area contributed by atoms with Crippen molar-refractivity contribution >= 4 is 11.9 Å². The highest BCUT2D eigenvalue weighted by Crippen LogP contribution is 2.21. The van der Waals surface area contributed by atoms with Gasteiger partial charge in [-0.15, -0.1) is 0 Å². The van der Waals surface area contributed by atoms with Crippen molar-refractivity contribution in [2.75, 3.05) is 13.7 Å². The zero-order valence-electron chi connectivity index (χ0n) is 15.0. The molecule has 2 rings (SSSR count). The van der Waals surface area contributed by atoms with E-state index in [0.717, 1.165) is 5.56 Å². The summed E-state index contributed by atoms with van der Waals surface area (Å²) in [5.74, 6) is -0.442. The number of carboxylic acid groups (broad SMARTS) is 1. The van der Waals surface area contributed by atoms with Crippen molar-refractivity contribution in [3.63, 3.8) is 0 Å². The first-order chi connectivity index (χ1) is 12.4. The van der Waals surface area contributed by atoms with Crippen LogP contribution in [0.1, 0.15) is 40.3 Å². The van der Waals surface area contributed by atoms with E-state index in [1.807, 2.05) is 13.8 Å². The predicted octanol–water partition coefficient (Wildman–Crippen LogP) is 2.55. The lowest BCUT2D eigenvalue weighted by atomic mass is 10.1. The molecule has 2 N–H and O–H groups in total. The van der Waals surface area contributed by atoms with Gasteiger partial charge in [0, 0.05) is 12.7 Å². The molecule has 0 fully saturated rings. The number of hydrogen-bond donors (Lipinski definition) is 2. The zero-order valence-corrected chi connectivity index (χ0v) is 15.0. The maximum atomic E-state index is 12.4. The molecule has 26 heavy (non-hydrogen) atoms. The monoisotopic (exact) mass is 358 g/mol. The van der Waals surface area contributed by atoms with Gasteiger partial charge < -0.3 is 19.9 Å². The standard InChI is InChI=1S/C19H22N2O5/c1-12(2)26-15-5-4-9-20-17(15)18(22)21-10-8-13-6-7-14(19(23)24)11-16(13)25-3/h4-7,9,11-12H,8,10H2,1-3H3,(H,21,22)(H,23,24). The Balaban J connectivity index is 2.02. The lowest BCUT2D eigenvalue weighted by Gasteiger charge is -2.13. The summed E-state index contributed by atoms with van der Waals surface area (Å²) in [7, 11) is 1.48. The number of ether oxygens (including phenoxy) is 2. The second-order valence-electron chi connectivity index (χ2n) is 5.85. The fourth-order valence-corrected chi connectivity index (χ4v) is 2.39. The number of carbonyl (C=O) groups is 2. The second-order valence-corrected chi connectivity index (χ2v) is 5.85. The van der Waals surface area contributed by atoms with E-state index >= 15 is 0 Å².